The molecule has 4 heterocycles. The van der Waals surface area contributed by atoms with E-state index in [1.807, 2.05) is 12.4 Å². The first-order valence-electron chi connectivity index (χ1n) is 10.8. The molecule has 33 heavy (non-hydrogen) atoms. The molecule has 11 heteroatoms. The van der Waals surface area contributed by atoms with E-state index in [2.05, 4.69) is 31.8 Å². The van der Waals surface area contributed by atoms with E-state index in [0.29, 0.717) is 22.2 Å². The fourth-order valence-electron chi connectivity index (χ4n) is 3.77. The highest BCUT2D eigenvalue weighted by Gasteiger charge is 2.30. The SMILES string of the molecule is CCc1cnc(N2CCC(C3=NC(COc4ccc(S(C)(=O)=O)nc4C)=CS3=O)CC2)nc1. The minimum absolute atomic E-state index is 0.00638. The van der Waals surface area contributed by atoms with Crippen LogP contribution in [0.15, 0.2) is 45.6 Å². The van der Waals surface area contributed by atoms with E-state index in [4.69, 9.17) is 4.74 Å². The molecule has 1 saturated heterocycles. The highest BCUT2D eigenvalue weighted by atomic mass is 32.2. The summed E-state index contributed by atoms with van der Waals surface area (Å²) in [6.07, 6.45) is 7.43. The van der Waals surface area contributed by atoms with E-state index >= 15 is 0 Å². The third-order valence-corrected chi connectivity index (χ3v) is 8.01. The first kappa shape index (κ1) is 23.5. The molecule has 0 spiro atoms. The Bertz CT molecular complexity index is 1220. The second-order valence-electron chi connectivity index (χ2n) is 8.16. The Kier molecular flexibility index (Phi) is 6.89. The highest BCUT2D eigenvalue weighted by molar-refractivity contribution is 8.03. The zero-order valence-electron chi connectivity index (χ0n) is 18.9. The number of rotatable bonds is 7. The van der Waals surface area contributed by atoms with Gasteiger partial charge in [-0.25, -0.2) is 32.6 Å². The summed E-state index contributed by atoms with van der Waals surface area (Å²) in [6, 6.07) is 3.00. The normalized spacial score (nSPS) is 19.4. The summed E-state index contributed by atoms with van der Waals surface area (Å²) < 4.78 is 41.7. The Morgan fingerprint density at radius 2 is 1.88 bits per heavy atom. The van der Waals surface area contributed by atoms with Gasteiger partial charge in [-0.05, 0) is 43.9 Å². The van der Waals surface area contributed by atoms with Gasteiger partial charge in [0.1, 0.15) is 17.4 Å². The minimum Gasteiger partial charge on any atom is -0.485 e. The van der Waals surface area contributed by atoms with Gasteiger partial charge in [-0.3, -0.25) is 0 Å². The predicted molar refractivity (Wildman–Crippen MR) is 128 cm³/mol. The molecular weight excluding hydrogens is 462 g/mol. The molecule has 0 aliphatic carbocycles. The van der Waals surface area contributed by atoms with Crippen molar-refractivity contribution in [3.8, 4) is 5.75 Å². The molecule has 176 valence electrons. The lowest BCUT2D eigenvalue weighted by molar-refractivity contribution is 0.346. The molecule has 1 fully saturated rings. The standard InChI is InChI=1S/C22H27N5O4S2/c1-4-16-11-23-22(24-12-16)27-9-7-17(8-10-27)21-26-18(14-32(21)28)13-31-19-5-6-20(25-15(19)2)33(3,29)30/h5-6,11-12,14,17H,4,7-10,13H2,1-3H3. The van der Waals surface area contributed by atoms with Crippen molar-refractivity contribution < 1.29 is 17.4 Å². The Balaban J connectivity index is 1.35. The van der Waals surface area contributed by atoms with E-state index in [1.165, 1.54) is 6.07 Å². The predicted octanol–water partition coefficient (Wildman–Crippen LogP) is 2.44. The van der Waals surface area contributed by atoms with E-state index in [0.717, 1.165) is 50.1 Å². The molecular formula is C22H27N5O4S2. The van der Waals surface area contributed by atoms with Gasteiger partial charge in [0.15, 0.2) is 14.9 Å². The van der Waals surface area contributed by atoms with Crippen LogP contribution in [0.3, 0.4) is 0 Å². The van der Waals surface area contributed by atoms with Gasteiger partial charge in [0, 0.05) is 43.1 Å². The highest BCUT2D eigenvalue weighted by Crippen LogP contribution is 2.27. The zero-order chi connectivity index (χ0) is 23.6. The maximum atomic E-state index is 12.7. The lowest BCUT2D eigenvalue weighted by Crippen LogP contribution is -2.37. The van der Waals surface area contributed by atoms with Crippen LogP contribution in [0.25, 0.3) is 0 Å². The van der Waals surface area contributed by atoms with Crippen LogP contribution in [0.5, 0.6) is 5.75 Å². The number of aryl methyl sites for hydroxylation is 2. The van der Waals surface area contributed by atoms with Crippen molar-refractivity contribution in [2.45, 2.75) is 38.1 Å². The maximum absolute atomic E-state index is 12.7. The van der Waals surface area contributed by atoms with Gasteiger partial charge in [-0.1, -0.05) is 6.92 Å². The third kappa shape index (κ3) is 5.47. The largest absolute Gasteiger partial charge is 0.485 e. The molecule has 1 unspecified atom stereocenters. The molecule has 4 rings (SSSR count). The molecule has 9 nitrogen and oxygen atoms in total. The molecule has 2 aliphatic rings. The first-order chi connectivity index (χ1) is 15.7. The lowest BCUT2D eigenvalue weighted by Gasteiger charge is -2.31. The van der Waals surface area contributed by atoms with Crippen molar-refractivity contribution in [1.82, 2.24) is 15.0 Å². The number of anilines is 1. The van der Waals surface area contributed by atoms with Crippen LogP contribution in [-0.4, -0.2) is 58.6 Å². The summed E-state index contributed by atoms with van der Waals surface area (Å²) in [5.74, 6) is 1.35. The lowest BCUT2D eigenvalue weighted by atomic mass is 9.98. The van der Waals surface area contributed by atoms with Crippen LogP contribution in [0.2, 0.25) is 0 Å². The van der Waals surface area contributed by atoms with E-state index in [9.17, 15) is 12.6 Å². The summed E-state index contributed by atoms with van der Waals surface area (Å²) in [5, 5.41) is 2.33. The molecule has 0 aromatic carbocycles. The van der Waals surface area contributed by atoms with Crippen molar-refractivity contribution >= 4 is 31.6 Å². The number of pyridine rings is 1. The Hall–Kier alpha value is -2.66. The Labute approximate surface area is 196 Å². The van der Waals surface area contributed by atoms with Gasteiger partial charge in [0.25, 0.3) is 0 Å². The van der Waals surface area contributed by atoms with Gasteiger partial charge >= 0.3 is 0 Å². The van der Waals surface area contributed by atoms with Crippen molar-refractivity contribution in [2.75, 3.05) is 30.9 Å². The smallest absolute Gasteiger partial charge is 0.225 e. The molecule has 0 saturated carbocycles. The van der Waals surface area contributed by atoms with Crippen LogP contribution in [0.1, 0.15) is 31.0 Å². The number of piperidine rings is 1. The van der Waals surface area contributed by atoms with E-state index in [-0.39, 0.29) is 17.6 Å². The van der Waals surface area contributed by atoms with Crippen LogP contribution in [0, 0.1) is 12.8 Å². The number of aliphatic imine (C=N–C) groups is 1. The number of ether oxygens (including phenoxy) is 1. The molecule has 0 bridgehead atoms. The fraction of sp³-hybridized carbons (Fsp3) is 0.455. The zero-order valence-corrected chi connectivity index (χ0v) is 20.5. The van der Waals surface area contributed by atoms with Crippen molar-refractivity contribution in [3.63, 3.8) is 0 Å². The number of hydrogen-bond donors (Lipinski definition) is 0. The number of sulfone groups is 1. The summed E-state index contributed by atoms with van der Waals surface area (Å²) in [5.41, 5.74) is 2.20. The molecule has 2 aliphatic heterocycles. The van der Waals surface area contributed by atoms with E-state index < -0.39 is 20.6 Å². The molecule has 0 amide bonds. The Morgan fingerprint density at radius 3 is 2.48 bits per heavy atom. The monoisotopic (exact) mass is 489 g/mol. The van der Waals surface area contributed by atoms with Crippen LogP contribution < -0.4 is 9.64 Å². The molecule has 0 radical (unpaired) electrons. The van der Waals surface area contributed by atoms with Gasteiger partial charge in [0.2, 0.25) is 5.95 Å². The molecule has 2 aromatic rings. The van der Waals surface area contributed by atoms with Gasteiger partial charge in [-0.2, -0.15) is 0 Å². The summed E-state index contributed by atoms with van der Waals surface area (Å²) >= 11 is 0. The molecule has 1 atom stereocenters. The van der Waals surface area contributed by atoms with Crippen molar-refractivity contribution in [3.05, 3.63) is 46.9 Å². The topological polar surface area (TPSA) is 115 Å². The number of nitrogens with zero attached hydrogens (tertiary/aromatic N) is 5. The number of hydrogen-bond acceptors (Lipinski definition) is 9. The van der Waals surface area contributed by atoms with Gasteiger partial charge in [0.05, 0.1) is 22.2 Å². The number of aromatic nitrogens is 3. The second-order valence-corrected chi connectivity index (χ2v) is 11.4. The van der Waals surface area contributed by atoms with Crippen molar-refractivity contribution in [1.29, 1.82) is 0 Å². The van der Waals surface area contributed by atoms with Gasteiger partial charge in [-0.15, -0.1) is 0 Å². The minimum atomic E-state index is -3.38. The first-order valence-corrected chi connectivity index (χ1v) is 13.9. The quantitative estimate of drug-likeness (QED) is 0.583. The molecule has 0 N–H and O–H groups in total. The van der Waals surface area contributed by atoms with Gasteiger partial charge < -0.3 is 9.64 Å². The average molecular weight is 490 g/mol. The maximum Gasteiger partial charge on any atom is 0.225 e. The van der Waals surface area contributed by atoms with Crippen molar-refractivity contribution in [2.24, 2.45) is 10.9 Å². The van der Waals surface area contributed by atoms with E-state index in [1.54, 1.807) is 18.4 Å². The van der Waals surface area contributed by atoms with Crippen LogP contribution >= 0.6 is 0 Å². The summed E-state index contributed by atoms with van der Waals surface area (Å²) in [4.78, 5) is 19.8. The second kappa shape index (κ2) is 9.68. The summed E-state index contributed by atoms with van der Waals surface area (Å²) in [7, 11) is -4.64. The Morgan fingerprint density at radius 1 is 1.18 bits per heavy atom. The third-order valence-electron chi connectivity index (χ3n) is 5.70. The average Bonchev–Trinajstić information content (AvgIpc) is 3.18. The molecule has 2 aromatic heterocycles. The van der Waals surface area contributed by atoms with Crippen LogP contribution in [0.4, 0.5) is 5.95 Å². The fourth-order valence-corrected chi connectivity index (χ4v) is 5.65. The van der Waals surface area contributed by atoms with Crippen LogP contribution in [-0.2, 0) is 27.1 Å². The summed E-state index contributed by atoms with van der Waals surface area (Å²) in [6.45, 7) is 5.48.